The van der Waals surface area contributed by atoms with Crippen molar-refractivity contribution in [2.75, 3.05) is 5.75 Å². The number of carbonyl (C=O) groups is 1. The number of esters is 1. The lowest BCUT2D eigenvalue weighted by Gasteiger charge is -2.11. The van der Waals surface area contributed by atoms with E-state index in [1.54, 1.807) is 0 Å². The van der Waals surface area contributed by atoms with E-state index in [4.69, 9.17) is 4.74 Å². The van der Waals surface area contributed by atoms with Gasteiger partial charge in [-0.05, 0) is 37.8 Å². The van der Waals surface area contributed by atoms with E-state index in [1.807, 2.05) is 41.8 Å². The Morgan fingerprint density at radius 1 is 1.26 bits per heavy atom. The average molecular weight is 331 g/mol. The van der Waals surface area contributed by atoms with Crippen LogP contribution in [0.4, 0.5) is 0 Å². The summed E-state index contributed by atoms with van der Waals surface area (Å²) in [5.74, 6) is 0.996. The van der Waals surface area contributed by atoms with Gasteiger partial charge in [-0.2, -0.15) is 0 Å². The van der Waals surface area contributed by atoms with Crippen LogP contribution >= 0.6 is 11.8 Å². The normalized spacial score (nSPS) is 15.0. The van der Waals surface area contributed by atoms with Gasteiger partial charge in [0, 0.05) is 12.1 Å². The van der Waals surface area contributed by atoms with Crippen LogP contribution in [0.5, 0.6) is 0 Å². The molecule has 1 aromatic heterocycles. The molecule has 0 unspecified atom stereocenters. The number of aromatic nitrogens is 3. The molecule has 0 saturated heterocycles. The Kier molecular flexibility index (Phi) is 5.33. The summed E-state index contributed by atoms with van der Waals surface area (Å²) in [6.45, 7) is 2.05. The molecule has 0 spiro atoms. The molecule has 0 radical (unpaired) electrons. The first-order valence-electron chi connectivity index (χ1n) is 8.10. The highest BCUT2D eigenvalue weighted by Gasteiger charge is 2.20. The van der Waals surface area contributed by atoms with Crippen LogP contribution < -0.4 is 0 Å². The third kappa shape index (κ3) is 3.93. The maximum absolute atomic E-state index is 12.0. The van der Waals surface area contributed by atoms with Crippen LogP contribution in [-0.2, 0) is 16.0 Å². The second kappa shape index (κ2) is 7.64. The van der Waals surface area contributed by atoms with Gasteiger partial charge in [0.1, 0.15) is 11.9 Å². The molecule has 1 saturated carbocycles. The first-order chi connectivity index (χ1) is 11.3. The Hall–Kier alpha value is -1.82. The van der Waals surface area contributed by atoms with Crippen molar-refractivity contribution >= 4 is 17.7 Å². The van der Waals surface area contributed by atoms with Crippen molar-refractivity contribution in [3.05, 3.63) is 36.2 Å². The number of thioether (sulfide) groups is 1. The Morgan fingerprint density at radius 3 is 2.70 bits per heavy atom. The number of hydrogen-bond donors (Lipinski definition) is 0. The zero-order chi connectivity index (χ0) is 16.1. The first kappa shape index (κ1) is 16.1. The number of nitrogens with zero attached hydrogens (tertiary/aromatic N) is 3. The van der Waals surface area contributed by atoms with E-state index in [1.165, 1.54) is 11.8 Å². The lowest BCUT2D eigenvalue weighted by molar-refractivity contribution is -0.145. The molecule has 0 aliphatic heterocycles. The lowest BCUT2D eigenvalue weighted by Crippen LogP contribution is -2.16. The van der Waals surface area contributed by atoms with E-state index in [-0.39, 0.29) is 17.8 Å². The lowest BCUT2D eigenvalue weighted by atomic mass is 10.3. The standard InChI is InChI=1S/C17H21N3O2S/c1-2-15-18-19-17(20(15)13-8-4-3-5-9-13)23-12-16(21)22-14-10-6-7-11-14/h3-5,8-9,14H,2,6-7,10-12H2,1H3. The summed E-state index contributed by atoms with van der Waals surface area (Å²) in [7, 11) is 0. The van der Waals surface area contributed by atoms with Crippen LogP contribution in [0.2, 0.25) is 0 Å². The second-order valence-corrected chi connectivity index (χ2v) is 6.55. The summed E-state index contributed by atoms with van der Waals surface area (Å²) >= 11 is 1.38. The number of ether oxygens (including phenoxy) is 1. The molecule has 0 N–H and O–H groups in total. The molecule has 3 rings (SSSR count). The van der Waals surface area contributed by atoms with Crippen LogP contribution in [0.25, 0.3) is 5.69 Å². The van der Waals surface area contributed by atoms with Gasteiger partial charge in [-0.25, -0.2) is 0 Å². The molecule has 0 bridgehead atoms. The van der Waals surface area contributed by atoms with Crippen molar-refractivity contribution in [2.24, 2.45) is 0 Å². The van der Waals surface area contributed by atoms with Crippen molar-refractivity contribution in [1.29, 1.82) is 0 Å². The van der Waals surface area contributed by atoms with Crippen LogP contribution in [-0.4, -0.2) is 32.6 Å². The largest absolute Gasteiger partial charge is 0.462 e. The topological polar surface area (TPSA) is 57.0 Å². The van der Waals surface area contributed by atoms with Gasteiger partial charge in [0.05, 0.1) is 5.75 Å². The molecule has 0 amide bonds. The van der Waals surface area contributed by atoms with Gasteiger partial charge in [-0.15, -0.1) is 10.2 Å². The van der Waals surface area contributed by atoms with Crippen LogP contribution in [0.1, 0.15) is 38.4 Å². The predicted molar refractivity (Wildman–Crippen MR) is 89.8 cm³/mol. The predicted octanol–water partition coefficient (Wildman–Crippen LogP) is 3.41. The molecule has 122 valence electrons. The SMILES string of the molecule is CCc1nnc(SCC(=O)OC2CCCC2)n1-c1ccccc1. The zero-order valence-electron chi connectivity index (χ0n) is 13.3. The minimum atomic E-state index is -0.164. The molecule has 1 fully saturated rings. The van der Waals surface area contributed by atoms with Gasteiger partial charge in [-0.3, -0.25) is 9.36 Å². The van der Waals surface area contributed by atoms with Crippen LogP contribution in [0.3, 0.4) is 0 Å². The summed E-state index contributed by atoms with van der Waals surface area (Å²) in [5.41, 5.74) is 1.01. The third-order valence-electron chi connectivity index (χ3n) is 3.95. The van der Waals surface area contributed by atoms with Crippen LogP contribution in [0.15, 0.2) is 35.5 Å². The van der Waals surface area contributed by atoms with Crippen LogP contribution in [0, 0.1) is 0 Å². The average Bonchev–Trinajstić information content (AvgIpc) is 3.22. The molecule has 5 nitrogen and oxygen atoms in total. The van der Waals surface area contributed by atoms with Crippen molar-refractivity contribution in [3.63, 3.8) is 0 Å². The molecule has 0 atom stereocenters. The molecule has 2 aromatic rings. The third-order valence-corrected chi connectivity index (χ3v) is 4.85. The highest BCUT2D eigenvalue weighted by molar-refractivity contribution is 7.99. The van der Waals surface area contributed by atoms with Crippen molar-refractivity contribution in [1.82, 2.24) is 14.8 Å². The van der Waals surface area contributed by atoms with Crippen molar-refractivity contribution < 1.29 is 9.53 Å². The molecule has 1 heterocycles. The van der Waals surface area contributed by atoms with E-state index >= 15 is 0 Å². The molecule has 1 aromatic carbocycles. The zero-order valence-corrected chi connectivity index (χ0v) is 14.1. The van der Waals surface area contributed by atoms with Gasteiger partial charge in [-0.1, -0.05) is 36.9 Å². The number of para-hydroxylation sites is 1. The van der Waals surface area contributed by atoms with E-state index in [2.05, 4.69) is 10.2 Å². The van der Waals surface area contributed by atoms with Crippen molar-refractivity contribution in [3.8, 4) is 5.69 Å². The Morgan fingerprint density at radius 2 is 2.00 bits per heavy atom. The maximum Gasteiger partial charge on any atom is 0.316 e. The van der Waals surface area contributed by atoms with Gasteiger partial charge < -0.3 is 4.74 Å². The summed E-state index contributed by atoms with van der Waals surface area (Å²) in [6.07, 6.45) is 5.21. The first-order valence-corrected chi connectivity index (χ1v) is 9.08. The minimum absolute atomic E-state index is 0.112. The number of benzene rings is 1. The van der Waals surface area contributed by atoms with Gasteiger partial charge in [0.2, 0.25) is 0 Å². The van der Waals surface area contributed by atoms with Crippen molar-refractivity contribution in [2.45, 2.75) is 50.3 Å². The van der Waals surface area contributed by atoms with E-state index in [9.17, 15) is 4.79 Å². The summed E-state index contributed by atoms with van der Waals surface area (Å²) in [4.78, 5) is 12.0. The fourth-order valence-electron chi connectivity index (χ4n) is 2.81. The van der Waals surface area contributed by atoms with E-state index in [0.717, 1.165) is 48.8 Å². The van der Waals surface area contributed by atoms with E-state index < -0.39 is 0 Å². The fourth-order valence-corrected chi connectivity index (χ4v) is 3.56. The molecular weight excluding hydrogens is 310 g/mol. The maximum atomic E-state index is 12.0. The summed E-state index contributed by atoms with van der Waals surface area (Å²) in [6, 6.07) is 9.98. The van der Waals surface area contributed by atoms with Gasteiger partial charge >= 0.3 is 5.97 Å². The quantitative estimate of drug-likeness (QED) is 0.600. The Bertz CT molecular complexity index is 651. The van der Waals surface area contributed by atoms with Gasteiger partial charge in [0.15, 0.2) is 5.16 Å². The highest BCUT2D eigenvalue weighted by Crippen LogP contribution is 2.24. The number of rotatable bonds is 6. The molecule has 1 aliphatic rings. The Balaban J connectivity index is 1.68. The number of aryl methyl sites for hydroxylation is 1. The molecule has 1 aliphatic carbocycles. The monoisotopic (exact) mass is 331 g/mol. The fraction of sp³-hybridized carbons (Fsp3) is 0.471. The minimum Gasteiger partial charge on any atom is -0.462 e. The molecular formula is C17H21N3O2S. The summed E-state index contributed by atoms with van der Waals surface area (Å²) < 4.78 is 7.50. The van der Waals surface area contributed by atoms with E-state index in [0.29, 0.717) is 0 Å². The smallest absolute Gasteiger partial charge is 0.316 e. The Labute approximate surface area is 140 Å². The molecule has 6 heteroatoms. The number of hydrogen-bond acceptors (Lipinski definition) is 5. The highest BCUT2D eigenvalue weighted by atomic mass is 32.2. The second-order valence-electron chi connectivity index (χ2n) is 5.61. The van der Waals surface area contributed by atoms with Gasteiger partial charge in [0.25, 0.3) is 0 Å². The molecule has 23 heavy (non-hydrogen) atoms. The number of carbonyl (C=O) groups excluding carboxylic acids is 1. The summed E-state index contributed by atoms with van der Waals surface area (Å²) in [5, 5.41) is 9.20.